The van der Waals surface area contributed by atoms with Crippen LogP contribution in [-0.2, 0) is 4.84 Å². The molecule has 1 N–H and O–H groups in total. The average molecular weight is 287 g/mol. The Morgan fingerprint density at radius 1 is 1.10 bits per heavy atom. The summed E-state index contributed by atoms with van der Waals surface area (Å²) in [5.41, 5.74) is 3.63. The molecule has 0 saturated heterocycles. The molecule has 1 aromatic carbocycles. The van der Waals surface area contributed by atoms with Gasteiger partial charge in [0.25, 0.3) is 0 Å². The van der Waals surface area contributed by atoms with Crippen LogP contribution in [-0.4, -0.2) is 12.8 Å². The molecule has 1 unspecified atom stereocenters. The van der Waals surface area contributed by atoms with Crippen LogP contribution in [0.15, 0.2) is 30.3 Å². The van der Waals surface area contributed by atoms with Gasteiger partial charge in [0.2, 0.25) is 0 Å². The van der Waals surface area contributed by atoms with Crippen LogP contribution in [0.2, 0.25) is 0 Å². The van der Waals surface area contributed by atoms with Crippen molar-refractivity contribution in [3.63, 3.8) is 0 Å². The Hall–Kier alpha value is -1.07. The van der Waals surface area contributed by atoms with Gasteiger partial charge in [-0.2, -0.15) is 18.7 Å². The maximum atomic E-state index is 12.2. The Kier molecular flexibility index (Phi) is 5.43. The van der Waals surface area contributed by atoms with E-state index >= 15 is 0 Å². The zero-order valence-corrected chi connectivity index (χ0v) is 11.3. The van der Waals surface area contributed by atoms with Gasteiger partial charge in [-0.05, 0) is 24.3 Å². The topological polar surface area (TPSA) is 21.3 Å². The third kappa shape index (κ3) is 4.80. The van der Waals surface area contributed by atoms with Crippen LogP contribution in [0, 0.1) is 5.92 Å². The molecule has 5 heteroatoms. The smallest absolute Gasteiger partial charge is 0.292 e. The van der Waals surface area contributed by atoms with E-state index in [0.717, 1.165) is 31.2 Å². The summed E-state index contributed by atoms with van der Waals surface area (Å²) in [6.45, 7) is -1.26. The first-order valence-electron chi connectivity index (χ1n) is 7.05. The molecule has 1 saturated carbocycles. The summed E-state index contributed by atoms with van der Waals surface area (Å²) in [5.74, 6) is 0.333. The maximum Gasteiger partial charge on any atom is 0.413 e. The van der Waals surface area contributed by atoms with E-state index in [2.05, 4.69) is 5.48 Å². The first-order valence-corrected chi connectivity index (χ1v) is 7.05. The van der Waals surface area contributed by atoms with Gasteiger partial charge >= 0.3 is 6.18 Å². The SMILES string of the molecule is FC(F)(F)CONC(c1ccccc1)C1CCCCC1. The van der Waals surface area contributed by atoms with E-state index in [1.165, 1.54) is 6.42 Å². The quantitative estimate of drug-likeness (QED) is 0.811. The van der Waals surface area contributed by atoms with E-state index < -0.39 is 12.8 Å². The Balaban J connectivity index is 2.00. The average Bonchev–Trinajstić information content (AvgIpc) is 2.44. The fourth-order valence-corrected chi connectivity index (χ4v) is 2.78. The van der Waals surface area contributed by atoms with Crippen molar-refractivity contribution in [1.82, 2.24) is 5.48 Å². The predicted molar refractivity (Wildman–Crippen MR) is 70.9 cm³/mol. The number of rotatable bonds is 5. The Morgan fingerprint density at radius 3 is 2.35 bits per heavy atom. The largest absolute Gasteiger partial charge is 0.413 e. The lowest BCUT2D eigenvalue weighted by Gasteiger charge is -2.31. The summed E-state index contributed by atoms with van der Waals surface area (Å²) in [6.07, 6.45) is 1.23. The van der Waals surface area contributed by atoms with E-state index in [1.54, 1.807) is 0 Å². The van der Waals surface area contributed by atoms with Crippen molar-refractivity contribution in [1.29, 1.82) is 0 Å². The summed E-state index contributed by atoms with van der Waals surface area (Å²) < 4.78 is 36.6. The molecule has 0 bridgehead atoms. The van der Waals surface area contributed by atoms with Gasteiger partial charge in [-0.1, -0.05) is 49.6 Å². The van der Waals surface area contributed by atoms with Crippen molar-refractivity contribution >= 4 is 0 Å². The fourth-order valence-electron chi connectivity index (χ4n) is 2.78. The highest BCUT2D eigenvalue weighted by atomic mass is 19.4. The van der Waals surface area contributed by atoms with Crippen LogP contribution in [0.25, 0.3) is 0 Å². The van der Waals surface area contributed by atoms with Crippen LogP contribution in [0.4, 0.5) is 13.2 Å². The molecule has 0 heterocycles. The highest BCUT2D eigenvalue weighted by molar-refractivity contribution is 5.19. The number of halogens is 3. The molecule has 1 aromatic rings. The van der Waals surface area contributed by atoms with Gasteiger partial charge in [0.1, 0.15) is 0 Å². The molecular formula is C15H20F3NO. The van der Waals surface area contributed by atoms with Crippen molar-refractivity contribution < 1.29 is 18.0 Å². The van der Waals surface area contributed by atoms with Crippen LogP contribution < -0.4 is 5.48 Å². The van der Waals surface area contributed by atoms with Gasteiger partial charge in [-0.3, -0.25) is 4.84 Å². The van der Waals surface area contributed by atoms with Crippen LogP contribution in [0.3, 0.4) is 0 Å². The summed E-state index contributed by atoms with van der Waals surface area (Å²) in [6, 6.07) is 9.40. The van der Waals surface area contributed by atoms with E-state index in [0.29, 0.717) is 5.92 Å². The zero-order chi connectivity index (χ0) is 14.4. The number of benzene rings is 1. The van der Waals surface area contributed by atoms with Crippen molar-refractivity contribution in [2.24, 2.45) is 5.92 Å². The monoisotopic (exact) mass is 287 g/mol. The lowest BCUT2D eigenvalue weighted by Crippen LogP contribution is -2.33. The second kappa shape index (κ2) is 7.09. The van der Waals surface area contributed by atoms with Gasteiger partial charge in [0, 0.05) is 0 Å². The molecule has 0 amide bonds. The zero-order valence-electron chi connectivity index (χ0n) is 11.3. The van der Waals surface area contributed by atoms with Gasteiger partial charge in [-0.15, -0.1) is 0 Å². The summed E-state index contributed by atoms with van der Waals surface area (Å²) in [4.78, 5) is 4.69. The molecule has 1 aliphatic rings. The first-order chi connectivity index (χ1) is 9.56. The van der Waals surface area contributed by atoms with Crippen molar-refractivity contribution in [3.05, 3.63) is 35.9 Å². The predicted octanol–water partition coefficient (Wildman–Crippen LogP) is 4.39. The molecule has 112 valence electrons. The van der Waals surface area contributed by atoms with E-state index in [9.17, 15) is 13.2 Å². The Bertz CT molecular complexity index is 388. The van der Waals surface area contributed by atoms with Crippen molar-refractivity contribution in [3.8, 4) is 0 Å². The summed E-state index contributed by atoms with van der Waals surface area (Å²) in [7, 11) is 0. The van der Waals surface area contributed by atoms with E-state index in [1.807, 2.05) is 30.3 Å². The summed E-state index contributed by atoms with van der Waals surface area (Å²) >= 11 is 0. The molecule has 2 rings (SSSR count). The van der Waals surface area contributed by atoms with Gasteiger partial charge < -0.3 is 0 Å². The molecule has 1 fully saturated rings. The molecule has 1 atom stereocenters. The number of hydrogen-bond acceptors (Lipinski definition) is 2. The van der Waals surface area contributed by atoms with Gasteiger partial charge in [0.05, 0.1) is 6.04 Å². The second-order valence-corrected chi connectivity index (χ2v) is 5.31. The van der Waals surface area contributed by atoms with Crippen molar-refractivity contribution in [2.45, 2.75) is 44.3 Å². The number of hydroxylamine groups is 1. The molecule has 20 heavy (non-hydrogen) atoms. The molecular weight excluding hydrogens is 267 g/mol. The van der Waals surface area contributed by atoms with Crippen molar-refractivity contribution in [2.75, 3.05) is 6.61 Å². The number of alkyl halides is 3. The van der Waals surface area contributed by atoms with E-state index in [4.69, 9.17) is 4.84 Å². The molecule has 0 radical (unpaired) electrons. The fraction of sp³-hybridized carbons (Fsp3) is 0.600. The molecule has 0 spiro atoms. The third-order valence-corrected chi connectivity index (χ3v) is 3.73. The Labute approximate surface area is 117 Å². The highest BCUT2D eigenvalue weighted by Crippen LogP contribution is 2.34. The molecule has 2 nitrogen and oxygen atoms in total. The highest BCUT2D eigenvalue weighted by Gasteiger charge is 2.30. The van der Waals surface area contributed by atoms with Crippen LogP contribution in [0.5, 0.6) is 0 Å². The minimum Gasteiger partial charge on any atom is -0.292 e. The molecule has 0 aromatic heterocycles. The van der Waals surface area contributed by atoms with Crippen LogP contribution >= 0.6 is 0 Å². The van der Waals surface area contributed by atoms with E-state index in [-0.39, 0.29) is 6.04 Å². The minimum atomic E-state index is -4.30. The second-order valence-electron chi connectivity index (χ2n) is 5.31. The maximum absolute atomic E-state index is 12.2. The lowest BCUT2D eigenvalue weighted by atomic mass is 9.81. The lowest BCUT2D eigenvalue weighted by molar-refractivity contribution is -0.195. The Morgan fingerprint density at radius 2 is 1.75 bits per heavy atom. The molecule has 0 aliphatic heterocycles. The summed E-state index contributed by atoms with van der Waals surface area (Å²) in [5, 5.41) is 0. The number of nitrogens with one attached hydrogen (secondary N) is 1. The van der Waals surface area contributed by atoms with Crippen LogP contribution in [0.1, 0.15) is 43.7 Å². The first kappa shape index (κ1) is 15.3. The molecule has 1 aliphatic carbocycles. The number of hydrogen-bond donors (Lipinski definition) is 1. The normalized spacial score (nSPS) is 18.9. The standard InChI is InChI=1S/C15H20F3NO/c16-15(17,18)11-20-19-14(12-7-3-1-4-8-12)13-9-5-2-6-10-13/h1,3-4,7-8,13-14,19H,2,5-6,9-11H2. The van der Waals surface area contributed by atoms with Gasteiger partial charge in [0.15, 0.2) is 6.61 Å². The van der Waals surface area contributed by atoms with Gasteiger partial charge in [-0.25, -0.2) is 0 Å². The minimum absolute atomic E-state index is 0.168. The third-order valence-electron chi connectivity index (χ3n) is 3.73.